The fraction of sp³-hybridized carbons (Fsp3) is 0.714. The third-order valence-electron chi connectivity index (χ3n) is 0.539. The van der Waals surface area contributed by atoms with Crippen molar-refractivity contribution in [2.24, 2.45) is 0 Å². The number of likely N-dealkylation sites (N-methyl/N-ethyl adjacent to an activating group) is 1. The minimum Gasteiger partial charge on any atom is -0.314 e. The van der Waals surface area contributed by atoms with Crippen LogP contribution in [0.4, 0.5) is 0 Å². The topological polar surface area (TPSA) is 12.0 Å². The molecule has 1 N–H and O–H groups in total. The Labute approximate surface area is 52.8 Å². The average Bonchev–Trinajstić information content (AvgIpc) is 1.88. The van der Waals surface area contributed by atoms with E-state index < -0.39 is 0 Å². The van der Waals surface area contributed by atoms with Gasteiger partial charge in [0.1, 0.15) is 0 Å². The fourth-order valence-corrected chi connectivity index (χ4v) is 0.246. The molecule has 0 bridgehead atoms. The lowest BCUT2D eigenvalue weighted by molar-refractivity contribution is 0.800. The predicted molar refractivity (Wildman–Crippen MR) is 40.1 cm³/mol. The summed E-state index contributed by atoms with van der Waals surface area (Å²) in [5.74, 6) is 0. The van der Waals surface area contributed by atoms with Crippen molar-refractivity contribution in [3.63, 3.8) is 0 Å². The zero-order valence-corrected chi connectivity index (χ0v) is 6.20. The molecule has 0 saturated heterocycles. The van der Waals surface area contributed by atoms with Gasteiger partial charge in [0.15, 0.2) is 0 Å². The van der Waals surface area contributed by atoms with Gasteiger partial charge < -0.3 is 5.32 Å². The maximum Gasteiger partial charge on any atom is 0.0132 e. The van der Waals surface area contributed by atoms with E-state index >= 15 is 0 Å². The van der Waals surface area contributed by atoms with Crippen LogP contribution in [0.15, 0.2) is 12.7 Å². The Kier molecular flexibility index (Phi) is 21.1. The van der Waals surface area contributed by atoms with Gasteiger partial charge in [0, 0.05) is 6.54 Å². The van der Waals surface area contributed by atoms with E-state index in [9.17, 15) is 0 Å². The highest BCUT2D eigenvalue weighted by Gasteiger charge is 1.66. The van der Waals surface area contributed by atoms with Gasteiger partial charge in [-0.2, -0.15) is 0 Å². The zero-order chi connectivity index (χ0) is 6.83. The first kappa shape index (κ1) is 10.6. The van der Waals surface area contributed by atoms with Gasteiger partial charge >= 0.3 is 0 Å². The molecule has 0 spiro atoms. The number of rotatable bonds is 3. The molecule has 0 aromatic heterocycles. The standard InChI is InChI=1S/C5H11N.C2H6/c1-3-5-6-4-2;1-2/h3,6H,1,4-5H2,2H3;1-2H3. The van der Waals surface area contributed by atoms with E-state index in [0.29, 0.717) is 0 Å². The SMILES string of the molecule is C=CCNCC.CC. The van der Waals surface area contributed by atoms with Crippen molar-refractivity contribution in [2.75, 3.05) is 13.1 Å². The predicted octanol–water partition coefficient (Wildman–Crippen LogP) is 1.81. The molecule has 0 saturated carbocycles. The average molecular weight is 115 g/mol. The summed E-state index contributed by atoms with van der Waals surface area (Å²) in [6.07, 6.45) is 1.85. The van der Waals surface area contributed by atoms with Crippen LogP contribution in [-0.2, 0) is 0 Å². The number of hydrogen-bond acceptors (Lipinski definition) is 1. The normalized spacial score (nSPS) is 6.88. The Balaban J connectivity index is 0. The lowest BCUT2D eigenvalue weighted by Gasteiger charge is -1.88. The molecule has 0 rings (SSSR count). The third-order valence-corrected chi connectivity index (χ3v) is 0.539. The maximum atomic E-state index is 3.54. The largest absolute Gasteiger partial charge is 0.314 e. The maximum absolute atomic E-state index is 3.54. The summed E-state index contributed by atoms with van der Waals surface area (Å²) in [4.78, 5) is 0. The molecule has 0 aromatic rings. The lowest BCUT2D eigenvalue weighted by Crippen LogP contribution is -2.10. The summed E-state index contributed by atoms with van der Waals surface area (Å²) in [6.45, 7) is 11.6. The fourth-order valence-electron chi connectivity index (χ4n) is 0.246. The number of hydrogen-bond donors (Lipinski definition) is 1. The molecule has 50 valence electrons. The van der Waals surface area contributed by atoms with Crippen molar-refractivity contribution in [2.45, 2.75) is 20.8 Å². The molecule has 0 aromatic carbocycles. The summed E-state index contributed by atoms with van der Waals surface area (Å²) in [7, 11) is 0. The zero-order valence-electron chi connectivity index (χ0n) is 6.20. The van der Waals surface area contributed by atoms with E-state index in [2.05, 4.69) is 18.8 Å². The molecule has 0 fully saturated rings. The van der Waals surface area contributed by atoms with Crippen molar-refractivity contribution in [3.05, 3.63) is 12.7 Å². The van der Waals surface area contributed by atoms with E-state index in [1.807, 2.05) is 19.9 Å². The van der Waals surface area contributed by atoms with Crippen LogP contribution < -0.4 is 5.32 Å². The molecule has 0 aliphatic rings. The monoisotopic (exact) mass is 115 g/mol. The minimum atomic E-state index is 0.927. The minimum absolute atomic E-state index is 0.927. The summed E-state index contributed by atoms with van der Waals surface area (Å²) in [6, 6.07) is 0. The Morgan fingerprint density at radius 3 is 2.12 bits per heavy atom. The molecule has 8 heavy (non-hydrogen) atoms. The Morgan fingerprint density at radius 2 is 2.00 bits per heavy atom. The van der Waals surface area contributed by atoms with Crippen LogP contribution >= 0.6 is 0 Å². The van der Waals surface area contributed by atoms with E-state index in [-0.39, 0.29) is 0 Å². The van der Waals surface area contributed by atoms with E-state index in [1.54, 1.807) is 0 Å². The molecule has 0 atom stereocenters. The molecule has 0 radical (unpaired) electrons. The van der Waals surface area contributed by atoms with Gasteiger partial charge in [-0.15, -0.1) is 6.58 Å². The van der Waals surface area contributed by atoms with Gasteiger partial charge in [-0.25, -0.2) is 0 Å². The molecule has 1 heteroatoms. The molecule has 1 nitrogen and oxygen atoms in total. The Bertz CT molecular complexity index is 33.4. The third kappa shape index (κ3) is 17.3. The van der Waals surface area contributed by atoms with Crippen LogP contribution in [0.2, 0.25) is 0 Å². The molecule has 0 heterocycles. The molecule has 0 aliphatic carbocycles. The van der Waals surface area contributed by atoms with Gasteiger partial charge in [-0.1, -0.05) is 26.8 Å². The van der Waals surface area contributed by atoms with Crippen LogP contribution in [0.3, 0.4) is 0 Å². The van der Waals surface area contributed by atoms with Crippen molar-refractivity contribution in [1.29, 1.82) is 0 Å². The van der Waals surface area contributed by atoms with Gasteiger partial charge in [0.25, 0.3) is 0 Å². The summed E-state index contributed by atoms with van der Waals surface area (Å²) in [5, 5.41) is 3.08. The Hall–Kier alpha value is -0.300. The van der Waals surface area contributed by atoms with Crippen molar-refractivity contribution < 1.29 is 0 Å². The van der Waals surface area contributed by atoms with Gasteiger partial charge in [-0.05, 0) is 6.54 Å². The molecule has 0 unspecified atom stereocenters. The lowest BCUT2D eigenvalue weighted by atomic mass is 10.6. The van der Waals surface area contributed by atoms with Gasteiger partial charge in [0.2, 0.25) is 0 Å². The van der Waals surface area contributed by atoms with Crippen LogP contribution in [0.1, 0.15) is 20.8 Å². The first-order chi connectivity index (χ1) is 3.91. The number of nitrogens with one attached hydrogen (secondary N) is 1. The summed E-state index contributed by atoms with van der Waals surface area (Å²) < 4.78 is 0. The van der Waals surface area contributed by atoms with Crippen LogP contribution in [0.5, 0.6) is 0 Å². The van der Waals surface area contributed by atoms with E-state index in [4.69, 9.17) is 0 Å². The quantitative estimate of drug-likeness (QED) is 0.437. The van der Waals surface area contributed by atoms with Crippen LogP contribution in [-0.4, -0.2) is 13.1 Å². The van der Waals surface area contributed by atoms with Gasteiger partial charge in [0.05, 0.1) is 0 Å². The summed E-state index contributed by atoms with van der Waals surface area (Å²) >= 11 is 0. The van der Waals surface area contributed by atoms with E-state index in [1.165, 1.54) is 0 Å². The Morgan fingerprint density at radius 1 is 1.50 bits per heavy atom. The first-order valence-electron chi connectivity index (χ1n) is 3.23. The second-order valence-electron chi connectivity index (χ2n) is 1.10. The highest BCUT2D eigenvalue weighted by molar-refractivity contribution is 4.68. The van der Waals surface area contributed by atoms with Gasteiger partial charge in [-0.3, -0.25) is 0 Å². The molecule has 0 aliphatic heterocycles. The second kappa shape index (κ2) is 15.9. The van der Waals surface area contributed by atoms with Crippen LogP contribution in [0, 0.1) is 0 Å². The van der Waals surface area contributed by atoms with Crippen molar-refractivity contribution in [3.8, 4) is 0 Å². The first-order valence-corrected chi connectivity index (χ1v) is 3.23. The second-order valence-corrected chi connectivity index (χ2v) is 1.10. The highest BCUT2D eigenvalue weighted by Crippen LogP contribution is 1.55. The van der Waals surface area contributed by atoms with Crippen LogP contribution in [0.25, 0.3) is 0 Å². The molecular weight excluding hydrogens is 98.1 g/mol. The smallest absolute Gasteiger partial charge is 0.0132 e. The van der Waals surface area contributed by atoms with Crippen molar-refractivity contribution >= 4 is 0 Å². The summed E-state index contributed by atoms with van der Waals surface area (Å²) in [5.41, 5.74) is 0. The van der Waals surface area contributed by atoms with Crippen molar-refractivity contribution in [1.82, 2.24) is 5.32 Å². The molecular formula is C7H17N. The van der Waals surface area contributed by atoms with E-state index in [0.717, 1.165) is 13.1 Å². The highest BCUT2D eigenvalue weighted by atomic mass is 14.8. The molecule has 0 amide bonds.